The lowest BCUT2D eigenvalue weighted by Crippen LogP contribution is -2.29. The molecule has 0 spiro atoms. The van der Waals surface area contributed by atoms with Crippen LogP contribution in [0, 0.1) is 0 Å². The second kappa shape index (κ2) is 7.09. The molecular formula is C13H20N8O2. The number of nitrogens with one attached hydrogen (secondary N) is 2. The van der Waals surface area contributed by atoms with Gasteiger partial charge in [-0.1, -0.05) is 0 Å². The fraction of sp³-hybridized carbons (Fsp3) is 0.538. The van der Waals surface area contributed by atoms with Crippen LogP contribution in [0.5, 0.6) is 0 Å². The van der Waals surface area contributed by atoms with Gasteiger partial charge in [0.25, 0.3) is 0 Å². The molecule has 0 aliphatic carbocycles. The van der Waals surface area contributed by atoms with Crippen molar-refractivity contribution < 1.29 is 9.53 Å². The summed E-state index contributed by atoms with van der Waals surface area (Å²) in [6.45, 7) is 6.40. The summed E-state index contributed by atoms with van der Waals surface area (Å²) < 4.78 is 4.98. The molecule has 2 aromatic heterocycles. The highest BCUT2D eigenvalue weighted by molar-refractivity contribution is 5.88. The highest BCUT2D eigenvalue weighted by Gasteiger charge is 2.17. The predicted octanol–water partition coefficient (Wildman–Crippen LogP) is 0.686. The zero-order chi connectivity index (χ0) is 16.9. The number of amides is 2. The van der Waals surface area contributed by atoms with E-state index in [-0.39, 0.29) is 12.1 Å². The first-order chi connectivity index (χ1) is 10.9. The number of carbonyl (C=O) groups excluding carboxylic acids is 1. The van der Waals surface area contributed by atoms with E-state index in [1.54, 1.807) is 13.2 Å². The zero-order valence-electron chi connectivity index (χ0n) is 13.6. The van der Waals surface area contributed by atoms with Crippen molar-refractivity contribution in [2.45, 2.75) is 39.5 Å². The maximum Gasteiger partial charge on any atom is 0.320 e. The molecule has 124 valence electrons. The Labute approximate surface area is 133 Å². The van der Waals surface area contributed by atoms with Gasteiger partial charge in [0, 0.05) is 13.2 Å². The number of tetrazole rings is 1. The minimum absolute atomic E-state index is 0.165. The number of hydrogen-bond acceptors (Lipinski definition) is 7. The van der Waals surface area contributed by atoms with Crippen LogP contribution in [0.15, 0.2) is 12.4 Å². The van der Waals surface area contributed by atoms with Crippen LogP contribution in [0.1, 0.15) is 32.3 Å². The Hall–Kier alpha value is -2.62. The molecule has 0 saturated heterocycles. The van der Waals surface area contributed by atoms with Crippen LogP contribution >= 0.6 is 0 Å². The number of nitrogens with zero attached hydrogens (tertiary/aromatic N) is 6. The van der Waals surface area contributed by atoms with Gasteiger partial charge in [0.2, 0.25) is 0 Å². The molecule has 0 bridgehead atoms. The summed E-state index contributed by atoms with van der Waals surface area (Å²) in [7, 11) is 1.57. The molecule has 0 atom stereocenters. The van der Waals surface area contributed by atoms with Gasteiger partial charge in [-0.15, -0.1) is 10.2 Å². The smallest absolute Gasteiger partial charge is 0.320 e. The van der Waals surface area contributed by atoms with Gasteiger partial charge in [-0.2, -0.15) is 4.80 Å². The molecule has 2 heterocycles. The summed E-state index contributed by atoms with van der Waals surface area (Å²) in [5, 5.41) is 17.3. The zero-order valence-corrected chi connectivity index (χ0v) is 13.6. The van der Waals surface area contributed by atoms with Gasteiger partial charge in [-0.3, -0.25) is 5.32 Å². The van der Waals surface area contributed by atoms with E-state index >= 15 is 0 Å². The van der Waals surface area contributed by atoms with Crippen LogP contribution in [0.4, 0.5) is 10.6 Å². The number of aromatic nitrogens is 6. The lowest BCUT2D eigenvalue weighted by molar-refractivity contribution is 0.181. The number of methoxy groups -OCH3 is 1. The molecule has 0 saturated carbocycles. The molecule has 2 N–H and O–H groups in total. The van der Waals surface area contributed by atoms with E-state index in [2.05, 4.69) is 36.0 Å². The van der Waals surface area contributed by atoms with Crippen LogP contribution in [-0.2, 0) is 23.4 Å². The molecule has 10 nitrogen and oxygen atoms in total. The molecule has 23 heavy (non-hydrogen) atoms. The maximum absolute atomic E-state index is 11.9. The number of carbonyl (C=O) groups is 1. The minimum atomic E-state index is -0.417. The average molecular weight is 320 g/mol. The van der Waals surface area contributed by atoms with Gasteiger partial charge in [-0.05, 0) is 26.0 Å². The minimum Gasteiger partial charge on any atom is -0.378 e. The van der Waals surface area contributed by atoms with Gasteiger partial charge >= 0.3 is 6.03 Å². The van der Waals surface area contributed by atoms with E-state index < -0.39 is 6.03 Å². The van der Waals surface area contributed by atoms with E-state index in [0.29, 0.717) is 23.9 Å². The molecule has 0 unspecified atom stereocenters. The third-order valence-corrected chi connectivity index (χ3v) is 2.72. The topological polar surface area (TPSA) is 120 Å². The van der Waals surface area contributed by atoms with E-state index in [1.807, 2.05) is 20.8 Å². The quantitative estimate of drug-likeness (QED) is 0.831. The maximum atomic E-state index is 11.9. The summed E-state index contributed by atoms with van der Waals surface area (Å²) in [4.78, 5) is 21.3. The highest BCUT2D eigenvalue weighted by atomic mass is 16.5. The van der Waals surface area contributed by atoms with Crippen molar-refractivity contribution in [2.75, 3.05) is 12.4 Å². The molecule has 2 aromatic rings. The van der Waals surface area contributed by atoms with Crippen LogP contribution in [0.2, 0.25) is 0 Å². The number of hydrogen-bond donors (Lipinski definition) is 2. The Balaban J connectivity index is 1.88. The van der Waals surface area contributed by atoms with Crippen molar-refractivity contribution in [2.24, 2.45) is 0 Å². The second-order valence-electron chi connectivity index (χ2n) is 5.80. The molecule has 0 aromatic carbocycles. The first kappa shape index (κ1) is 16.7. The standard InChI is InChI=1S/C13H20N8O2/c1-13(2,3)21-19-11(18-20-21)6-14-12(22)17-10-5-9(7-23-4)15-8-16-10/h5,8H,6-7H2,1-4H3,(H2,14,15,16,17,22). The van der Waals surface area contributed by atoms with Crippen LogP contribution in [0.3, 0.4) is 0 Å². The molecule has 0 fully saturated rings. The fourth-order valence-corrected chi connectivity index (χ4v) is 1.61. The van der Waals surface area contributed by atoms with E-state index in [0.717, 1.165) is 0 Å². The first-order valence-electron chi connectivity index (χ1n) is 7.02. The number of ether oxygens (including phenoxy) is 1. The Bertz CT molecular complexity index is 664. The fourth-order valence-electron chi connectivity index (χ4n) is 1.61. The van der Waals surface area contributed by atoms with Crippen LogP contribution < -0.4 is 10.6 Å². The molecule has 0 aliphatic rings. The van der Waals surface area contributed by atoms with Gasteiger partial charge < -0.3 is 10.1 Å². The lowest BCUT2D eigenvalue weighted by Gasteiger charge is -2.15. The number of urea groups is 1. The van der Waals surface area contributed by atoms with Gasteiger partial charge in [0.05, 0.1) is 24.4 Å². The average Bonchev–Trinajstić information content (AvgIpc) is 2.95. The van der Waals surface area contributed by atoms with Crippen molar-refractivity contribution >= 4 is 11.8 Å². The predicted molar refractivity (Wildman–Crippen MR) is 81.4 cm³/mol. The summed E-state index contributed by atoms with van der Waals surface area (Å²) in [6.07, 6.45) is 1.36. The molecule has 0 radical (unpaired) electrons. The summed E-state index contributed by atoms with van der Waals surface area (Å²) in [5.74, 6) is 0.814. The molecule has 10 heteroatoms. The first-order valence-corrected chi connectivity index (χ1v) is 7.02. The normalized spacial score (nSPS) is 11.3. The van der Waals surface area contributed by atoms with Crippen LogP contribution in [-0.4, -0.2) is 43.3 Å². The van der Waals surface area contributed by atoms with Crippen molar-refractivity contribution in [3.63, 3.8) is 0 Å². The number of rotatable bonds is 5. The third-order valence-electron chi connectivity index (χ3n) is 2.72. The lowest BCUT2D eigenvalue weighted by atomic mass is 10.1. The Morgan fingerprint density at radius 2 is 2.13 bits per heavy atom. The number of anilines is 1. The highest BCUT2D eigenvalue weighted by Crippen LogP contribution is 2.09. The van der Waals surface area contributed by atoms with Gasteiger partial charge in [-0.25, -0.2) is 14.8 Å². The summed E-state index contributed by atoms with van der Waals surface area (Å²) >= 11 is 0. The Morgan fingerprint density at radius 3 is 2.78 bits per heavy atom. The summed E-state index contributed by atoms with van der Waals surface area (Å²) in [6, 6.07) is 1.22. The van der Waals surface area contributed by atoms with Gasteiger partial charge in [0.1, 0.15) is 12.1 Å². The van der Waals surface area contributed by atoms with Crippen molar-refractivity contribution in [1.29, 1.82) is 0 Å². The van der Waals surface area contributed by atoms with Gasteiger partial charge in [0.15, 0.2) is 5.82 Å². The van der Waals surface area contributed by atoms with Crippen molar-refractivity contribution in [3.8, 4) is 0 Å². The van der Waals surface area contributed by atoms with E-state index in [4.69, 9.17) is 4.74 Å². The SMILES string of the molecule is COCc1cc(NC(=O)NCc2nnn(C(C)(C)C)n2)ncn1. The Morgan fingerprint density at radius 1 is 1.35 bits per heavy atom. The molecule has 2 rings (SSSR count). The largest absolute Gasteiger partial charge is 0.378 e. The molecule has 2 amide bonds. The molecule has 0 aliphatic heterocycles. The second-order valence-corrected chi connectivity index (χ2v) is 5.80. The summed E-state index contributed by atoms with van der Waals surface area (Å²) in [5.41, 5.74) is 0.416. The monoisotopic (exact) mass is 320 g/mol. The van der Waals surface area contributed by atoms with Crippen molar-refractivity contribution in [3.05, 3.63) is 23.9 Å². The third kappa shape index (κ3) is 4.95. The van der Waals surface area contributed by atoms with E-state index in [1.165, 1.54) is 11.1 Å². The Kier molecular flexibility index (Phi) is 5.16. The van der Waals surface area contributed by atoms with Crippen LogP contribution in [0.25, 0.3) is 0 Å². The van der Waals surface area contributed by atoms with E-state index in [9.17, 15) is 4.79 Å². The molecular weight excluding hydrogens is 300 g/mol. The van der Waals surface area contributed by atoms with Crippen molar-refractivity contribution in [1.82, 2.24) is 35.5 Å².